The van der Waals surface area contributed by atoms with Gasteiger partial charge in [-0.1, -0.05) is 36.8 Å². The van der Waals surface area contributed by atoms with Crippen molar-refractivity contribution < 1.29 is 4.79 Å². The summed E-state index contributed by atoms with van der Waals surface area (Å²) in [5, 5.41) is 4.38. The van der Waals surface area contributed by atoms with Gasteiger partial charge in [-0.2, -0.15) is 0 Å². The lowest BCUT2D eigenvalue weighted by Crippen LogP contribution is -2.25. The molecule has 32 heavy (non-hydrogen) atoms. The zero-order chi connectivity index (χ0) is 22.2. The van der Waals surface area contributed by atoms with Crippen molar-refractivity contribution >= 4 is 33.1 Å². The summed E-state index contributed by atoms with van der Waals surface area (Å²) >= 11 is 1.85. The first kappa shape index (κ1) is 20.9. The van der Waals surface area contributed by atoms with Gasteiger partial charge in [-0.3, -0.25) is 4.79 Å². The van der Waals surface area contributed by atoms with Crippen LogP contribution in [0.15, 0.2) is 60.8 Å². The van der Waals surface area contributed by atoms with E-state index in [1.54, 1.807) is 0 Å². The van der Waals surface area contributed by atoms with Crippen molar-refractivity contribution in [2.24, 2.45) is 5.92 Å². The van der Waals surface area contributed by atoms with E-state index in [1.807, 2.05) is 41.8 Å². The Bertz CT molecular complexity index is 1250. The number of thiophene rings is 1. The van der Waals surface area contributed by atoms with Crippen LogP contribution in [0.4, 0.5) is 5.82 Å². The molecule has 1 aliphatic rings. The van der Waals surface area contributed by atoms with Crippen LogP contribution in [0.25, 0.3) is 21.2 Å². The molecule has 1 aliphatic carbocycles. The predicted octanol–water partition coefficient (Wildman–Crippen LogP) is 7.41. The van der Waals surface area contributed by atoms with E-state index in [1.165, 1.54) is 37.2 Å². The molecule has 0 aliphatic heterocycles. The number of benzene rings is 2. The van der Waals surface area contributed by atoms with Gasteiger partial charge in [-0.25, -0.2) is 4.98 Å². The maximum atomic E-state index is 13.2. The second kappa shape index (κ2) is 8.51. The van der Waals surface area contributed by atoms with Gasteiger partial charge in [0.1, 0.15) is 5.82 Å². The van der Waals surface area contributed by atoms with Crippen LogP contribution < -0.4 is 5.32 Å². The highest BCUT2D eigenvalue weighted by molar-refractivity contribution is 7.19. The molecule has 2 aromatic carbocycles. The second-order valence-corrected chi connectivity index (χ2v) is 10.1. The molecule has 1 N–H and O–H groups in total. The van der Waals surface area contributed by atoms with E-state index in [4.69, 9.17) is 0 Å². The van der Waals surface area contributed by atoms with Crippen LogP contribution in [-0.2, 0) is 4.79 Å². The highest BCUT2D eigenvalue weighted by Gasteiger charge is 2.35. The molecule has 3 nitrogen and oxygen atoms in total. The van der Waals surface area contributed by atoms with Crippen molar-refractivity contribution in [1.82, 2.24) is 4.98 Å². The number of pyridine rings is 1. The molecule has 2 atom stereocenters. The molecule has 2 aromatic heterocycles. The molecule has 2 heterocycles. The van der Waals surface area contributed by atoms with Gasteiger partial charge in [0.2, 0.25) is 5.91 Å². The Kier molecular flexibility index (Phi) is 5.56. The Morgan fingerprint density at radius 1 is 0.969 bits per heavy atom. The molecule has 1 saturated carbocycles. The minimum atomic E-state index is 0.00287. The van der Waals surface area contributed by atoms with E-state index >= 15 is 0 Å². The summed E-state index contributed by atoms with van der Waals surface area (Å²) in [6.45, 7) is 6.43. The third kappa shape index (κ3) is 3.95. The summed E-state index contributed by atoms with van der Waals surface area (Å²) in [5.74, 6) is 1.01. The first-order valence-corrected chi connectivity index (χ1v) is 12.1. The minimum Gasteiger partial charge on any atom is -0.310 e. The number of nitrogens with zero attached hydrogens (tertiary/aromatic N) is 1. The number of rotatable bonds is 4. The first-order valence-electron chi connectivity index (χ1n) is 11.3. The van der Waals surface area contributed by atoms with Crippen molar-refractivity contribution in [3.05, 3.63) is 82.4 Å². The van der Waals surface area contributed by atoms with E-state index in [0.29, 0.717) is 11.7 Å². The zero-order valence-electron chi connectivity index (χ0n) is 18.8. The third-order valence-corrected chi connectivity index (χ3v) is 8.07. The normalized spacial score (nSPS) is 18.2. The number of hydrogen-bond acceptors (Lipinski definition) is 3. The number of aryl methyl sites for hydroxylation is 3. The smallest absolute Gasteiger partial charge is 0.229 e. The summed E-state index contributed by atoms with van der Waals surface area (Å²) in [6.07, 6.45) is 4.95. The van der Waals surface area contributed by atoms with Gasteiger partial charge >= 0.3 is 0 Å². The van der Waals surface area contributed by atoms with Gasteiger partial charge in [0.05, 0.1) is 0 Å². The molecule has 4 aromatic rings. The van der Waals surface area contributed by atoms with E-state index in [0.717, 1.165) is 24.8 Å². The lowest BCUT2D eigenvalue weighted by Gasteiger charge is -2.18. The van der Waals surface area contributed by atoms with E-state index in [-0.39, 0.29) is 11.8 Å². The number of aromatic nitrogens is 1. The standard InChI is InChI=1S/C28H28N2OS/c1-17-7-4-5-8-22(17)20-11-12-27(29-16-20)30-28(31)24-10-6-9-23(24)26-15-21-13-18(2)19(3)14-25(21)32-26/h4-5,7-8,11-16,23-24H,6,9-10H2,1-3H3,(H,29,30,31). The molecule has 5 rings (SSSR count). The van der Waals surface area contributed by atoms with Crippen molar-refractivity contribution in [3.63, 3.8) is 0 Å². The summed E-state index contributed by atoms with van der Waals surface area (Å²) in [7, 11) is 0. The number of anilines is 1. The van der Waals surface area contributed by atoms with Crippen LogP contribution in [0.1, 0.15) is 46.7 Å². The Morgan fingerprint density at radius 2 is 1.78 bits per heavy atom. The topological polar surface area (TPSA) is 42.0 Å². The van der Waals surface area contributed by atoms with Gasteiger partial charge in [-0.05, 0) is 85.5 Å². The first-order chi connectivity index (χ1) is 15.5. The molecular weight excluding hydrogens is 412 g/mol. The van der Waals surface area contributed by atoms with Crippen LogP contribution >= 0.6 is 11.3 Å². The molecule has 0 radical (unpaired) electrons. The summed E-state index contributed by atoms with van der Waals surface area (Å²) in [4.78, 5) is 19.1. The van der Waals surface area contributed by atoms with E-state index in [9.17, 15) is 4.79 Å². The van der Waals surface area contributed by atoms with Crippen molar-refractivity contribution in [1.29, 1.82) is 0 Å². The van der Waals surface area contributed by atoms with Gasteiger partial charge < -0.3 is 5.32 Å². The maximum absolute atomic E-state index is 13.2. The SMILES string of the molecule is Cc1cc2cc(C3CCCC3C(=O)Nc3ccc(-c4ccccc4C)cn3)sc2cc1C. The molecule has 1 fully saturated rings. The molecular formula is C28H28N2OS. The van der Waals surface area contributed by atoms with Gasteiger partial charge in [0, 0.05) is 33.2 Å². The minimum absolute atomic E-state index is 0.00287. The molecule has 1 amide bonds. The van der Waals surface area contributed by atoms with Crippen LogP contribution in [0.2, 0.25) is 0 Å². The molecule has 162 valence electrons. The Morgan fingerprint density at radius 3 is 2.56 bits per heavy atom. The van der Waals surface area contributed by atoms with Crippen LogP contribution in [0, 0.1) is 26.7 Å². The lowest BCUT2D eigenvalue weighted by atomic mass is 9.93. The molecule has 4 heteroatoms. The number of nitrogens with one attached hydrogen (secondary N) is 1. The summed E-state index contributed by atoms with van der Waals surface area (Å²) in [5.41, 5.74) is 6.10. The zero-order valence-corrected chi connectivity index (χ0v) is 19.6. The quantitative estimate of drug-likeness (QED) is 0.359. The monoisotopic (exact) mass is 440 g/mol. The van der Waals surface area contributed by atoms with Gasteiger partial charge in [-0.15, -0.1) is 11.3 Å². The number of hydrogen-bond donors (Lipinski definition) is 1. The fourth-order valence-corrected chi connectivity index (χ4v) is 6.21. The van der Waals surface area contributed by atoms with Crippen LogP contribution in [0.5, 0.6) is 0 Å². The number of carbonyl (C=O) groups is 1. The van der Waals surface area contributed by atoms with Crippen molar-refractivity contribution in [2.45, 2.75) is 46.0 Å². The highest BCUT2D eigenvalue weighted by atomic mass is 32.1. The Labute approximate surface area is 193 Å². The fourth-order valence-electron chi connectivity index (χ4n) is 4.86. The van der Waals surface area contributed by atoms with Crippen molar-refractivity contribution in [2.75, 3.05) is 5.32 Å². The summed E-state index contributed by atoms with van der Waals surface area (Å²) in [6, 6.07) is 19.1. The third-order valence-electron chi connectivity index (χ3n) is 6.84. The van der Waals surface area contributed by atoms with Crippen molar-refractivity contribution in [3.8, 4) is 11.1 Å². The highest BCUT2D eigenvalue weighted by Crippen LogP contribution is 2.44. The summed E-state index contributed by atoms with van der Waals surface area (Å²) < 4.78 is 1.32. The van der Waals surface area contributed by atoms with E-state index < -0.39 is 0 Å². The second-order valence-electron chi connectivity index (χ2n) is 9.00. The molecule has 2 unspecified atom stereocenters. The largest absolute Gasteiger partial charge is 0.310 e. The number of amides is 1. The Balaban J connectivity index is 1.33. The van der Waals surface area contributed by atoms with Gasteiger partial charge in [0.15, 0.2) is 0 Å². The molecule has 0 saturated heterocycles. The van der Waals surface area contributed by atoms with Gasteiger partial charge in [0.25, 0.3) is 0 Å². The maximum Gasteiger partial charge on any atom is 0.229 e. The average molecular weight is 441 g/mol. The predicted molar refractivity (Wildman–Crippen MR) is 134 cm³/mol. The Hall–Kier alpha value is -2.98. The van der Waals surface area contributed by atoms with Crippen LogP contribution in [0.3, 0.4) is 0 Å². The molecule has 0 bridgehead atoms. The average Bonchev–Trinajstić information content (AvgIpc) is 3.42. The van der Waals surface area contributed by atoms with E-state index in [2.05, 4.69) is 61.4 Å². The fraction of sp³-hybridized carbons (Fsp3) is 0.286. The number of carbonyl (C=O) groups excluding carboxylic acids is 1. The molecule has 0 spiro atoms. The lowest BCUT2D eigenvalue weighted by molar-refractivity contribution is -0.120. The van der Waals surface area contributed by atoms with Crippen LogP contribution in [-0.4, -0.2) is 10.9 Å². The number of fused-ring (bicyclic) bond motifs is 1.